The molecule has 4 aromatic rings. The Kier molecular flexibility index (Phi) is 6.17. The van der Waals surface area contributed by atoms with Crippen molar-refractivity contribution in [1.82, 2.24) is 14.5 Å². The number of halogens is 3. The van der Waals surface area contributed by atoms with E-state index >= 15 is 0 Å². The highest BCUT2D eigenvalue weighted by Gasteiger charge is 2.62. The number of carbonyl (C=O) groups excluding carboxylic acids is 1. The molecule has 2 atom stereocenters. The van der Waals surface area contributed by atoms with Crippen molar-refractivity contribution in [2.24, 2.45) is 0 Å². The number of hydrogen-bond acceptors (Lipinski definition) is 7. The Hall–Kier alpha value is -3.86. The molecule has 206 valence electrons. The van der Waals surface area contributed by atoms with E-state index in [9.17, 15) is 14.3 Å². The number of rotatable bonds is 5. The average Bonchev–Trinajstić information content (AvgIpc) is 3.53. The molecule has 2 unspecified atom stereocenters. The number of fused-ring (bicyclic) bond motifs is 4. The van der Waals surface area contributed by atoms with Crippen molar-refractivity contribution in [2.75, 3.05) is 24.4 Å². The van der Waals surface area contributed by atoms with Crippen LogP contribution in [0, 0.1) is 5.82 Å². The molecule has 9 nitrogen and oxygen atoms in total. The standard InChI is InChI=1S/C28H24Cl2FN5O4/c1-13(2)23-22-16(12-35(23)21-11-32-27(40-4)34-24(21)39-3)25(37)36(15-6-8-19(31)18(30)10-15)28(22)17-7-5-14(29)9-20(17)33-26(28)38/h5-13,26,33,38H,1-4H3. The maximum atomic E-state index is 14.4. The molecule has 0 saturated heterocycles. The number of hydrogen-bond donors (Lipinski definition) is 2. The largest absolute Gasteiger partial charge is 0.479 e. The SMILES string of the molecule is COc1ncc(-n2cc3c(c2C(C)C)C2(c4ccc(Cl)cc4NC2O)N(c2ccc(F)c(Cl)c2)C3=O)c(OC)n1. The first kappa shape index (κ1) is 26.4. The van der Waals surface area contributed by atoms with Crippen molar-refractivity contribution in [3.8, 4) is 17.6 Å². The van der Waals surface area contributed by atoms with Crippen LogP contribution in [0.2, 0.25) is 10.0 Å². The molecule has 4 heterocycles. The van der Waals surface area contributed by atoms with E-state index < -0.39 is 23.5 Å². The van der Waals surface area contributed by atoms with Gasteiger partial charge in [-0.15, -0.1) is 0 Å². The normalized spacial score (nSPS) is 19.3. The molecule has 2 aliphatic heterocycles. The summed E-state index contributed by atoms with van der Waals surface area (Å²) in [6, 6.07) is 9.34. The van der Waals surface area contributed by atoms with E-state index in [-0.39, 0.29) is 22.8 Å². The molecular formula is C28H24Cl2FN5O4. The summed E-state index contributed by atoms with van der Waals surface area (Å²) in [6.45, 7) is 3.96. The van der Waals surface area contributed by atoms with E-state index in [1.54, 1.807) is 30.6 Å². The van der Waals surface area contributed by atoms with Crippen molar-refractivity contribution >= 4 is 40.5 Å². The van der Waals surface area contributed by atoms with Crippen molar-refractivity contribution in [3.05, 3.63) is 87.0 Å². The van der Waals surface area contributed by atoms with Crippen molar-refractivity contribution in [1.29, 1.82) is 0 Å². The molecule has 1 amide bonds. The van der Waals surface area contributed by atoms with Gasteiger partial charge in [-0.1, -0.05) is 43.1 Å². The smallest absolute Gasteiger partial charge is 0.319 e. The lowest BCUT2D eigenvalue weighted by Crippen LogP contribution is -2.53. The molecule has 0 saturated carbocycles. The fourth-order valence-corrected chi connectivity index (χ4v) is 6.17. The molecule has 2 N–H and O–H groups in total. The topological polar surface area (TPSA) is 102 Å². The van der Waals surface area contributed by atoms with Crippen molar-refractivity contribution in [3.63, 3.8) is 0 Å². The summed E-state index contributed by atoms with van der Waals surface area (Å²) in [5.41, 5.74) is 2.17. The van der Waals surface area contributed by atoms with Crippen molar-refractivity contribution in [2.45, 2.75) is 31.5 Å². The Morgan fingerprint density at radius 1 is 1.15 bits per heavy atom. The summed E-state index contributed by atoms with van der Waals surface area (Å²) < 4.78 is 26.7. The number of aliphatic hydroxyl groups excluding tert-OH is 1. The highest BCUT2D eigenvalue weighted by atomic mass is 35.5. The van der Waals surface area contributed by atoms with Crippen LogP contribution >= 0.6 is 23.2 Å². The number of ether oxygens (including phenoxy) is 2. The number of nitrogens with one attached hydrogen (secondary N) is 1. The van der Waals surface area contributed by atoms with Gasteiger partial charge in [-0.05, 0) is 36.2 Å². The minimum Gasteiger partial charge on any atom is -0.479 e. The van der Waals surface area contributed by atoms with Crippen LogP contribution in [0.15, 0.2) is 48.8 Å². The van der Waals surface area contributed by atoms with E-state index in [1.807, 2.05) is 18.4 Å². The van der Waals surface area contributed by atoms with Gasteiger partial charge in [-0.25, -0.2) is 9.37 Å². The van der Waals surface area contributed by atoms with Crippen molar-refractivity contribution < 1.29 is 23.8 Å². The summed E-state index contributed by atoms with van der Waals surface area (Å²) in [5.74, 6) is -0.943. The molecule has 0 radical (unpaired) electrons. The molecule has 2 aliphatic rings. The Morgan fingerprint density at radius 2 is 1.93 bits per heavy atom. The zero-order valence-corrected chi connectivity index (χ0v) is 23.4. The summed E-state index contributed by atoms with van der Waals surface area (Å²) >= 11 is 12.5. The van der Waals surface area contributed by atoms with Gasteiger partial charge in [0.2, 0.25) is 5.88 Å². The van der Waals surface area contributed by atoms with Crippen LogP contribution in [0.25, 0.3) is 5.69 Å². The first-order valence-corrected chi connectivity index (χ1v) is 13.1. The summed E-state index contributed by atoms with van der Waals surface area (Å²) in [5, 5.41) is 15.2. The van der Waals surface area contributed by atoms with E-state index in [0.29, 0.717) is 38.8 Å². The Labute approximate surface area is 239 Å². The van der Waals surface area contributed by atoms with Gasteiger partial charge in [0.15, 0.2) is 6.23 Å². The number of aromatic nitrogens is 3. The third-order valence-electron chi connectivity index (χ3n) is 7.35. The predicted molar refractivity (Wildman–Crippen MR) is 149 cm³/mol. The van der Waals surface area contributed by atoms with Crippen LogP contribution in [0.4, 0.5) is 15.8 Å². The van der Waals surface area contributed by atoms with Crippen LogP contribution in [-0.4, -0.2) is 46.0 Å². The number of methoxy groups -OCH3 is 2. The monoisotopic (exact) mass is 583 g/mol. The minimum atomic E-state index is -1.45. The second kappa shape index (κ2) is 9.36. The van der Waals surface area contributed by atoms with E-state index in [2.05, 4.69) is 15.3 Å². The van der Waals surface area contributed by atoms with Crippen LogP contribution in [-0.2, 0) is 5.54 Å². The van der Waals surface area contributed by atoms with Gasteiger partial charge < -0.3 is 24.5 Å². The molecule has 1 spiro atoms. The Balaban J connectivity index is 1.70. The number of amides is 1. The van der Waals surface area contributed by atoms with Crippen LogP contribution < -0.4 is 19.7 Å². The first-order valence-electron chi connectivity index (χ1n) is 12.4. The highest BCUT2D eigenvalue weighted by Crippen LogP contribution is 2.57. The fraction of sp³-hybridized carbons (Fsp3) is 0.250. The maximum absolute atomic E-state index is 14.4. The third kappa shape index (κ3) is 3.52. The summed E-state index contributed by atoms with van der Waals surface area (Å²) in [6.07, 6.45) is 1.95. The zero-order valence-electron chi connectivity index (χ0n) is 21.9. The number of aliphatic hydroxyl groups is 1. The van der Waals surface area contributed by atoms with Gasteiger partial charge in [0.25, 0.3) is 5.91 Å². The average molecular weight is 584 g/mol. The highest BCUT2D eigenvalue weighted by molar-refractivity contribution is 6.31. The third-order valence-corrected chi connectivity index (χ3v) is 7.87. The van der Waals surface area contributed by atoms with Crippen LogP contribution in [0.5, 0.6) is 11.9 Å². The predicted octanol–water partition coefficient (Wildman–Crippen LogP) is 5.50. The lowest BCUT2D eigenvalue weighted by atomic mass is 9.81. The van der Waals surface area contributed by atoms with E-state index in [1.165, 1.54) is 37.3 Å². The minimum absolute atomic E-state index is 0.125. The van der Waals surface area contributed by atoms with Crippen LogP contribution in [0.3, 0.4) is 0 Å². The molecule has 12 heteroatoms. The van der Waals surface area contributed by atoms with E-state index in [0.717, 1.165) is 5.69 Å². The molecule has 6 rings (SSSR count). The quantitative estimate of drug-likeness (QED) is 0.320. The van der Waals surface area contributed by atoms with Gasteiger partial charge in [-0.2, -0.15) is 4.98 Å². The fourth-order valence-electron chi connectivity index (χ4n) is 5.83. The summed E-state index contributed by atoms with van der Waals surface area (Å²) in [4.78, 5) is 24.4. The second-order valence-electron chi connectivity index (χ2n) is 9.82. The second-order valence-corrected chi connectivity index (χ2v) is 10.7. The lowest BCUT2D eigenvalue weighted by molar-refractivity contribution is 0.0920. The van der Waals surface area contributed by atoms with E-state index in [4.69, 9.17) is 32.7 Å². The maximum Gasteiger partial charge on any atom is 0.319 e. The molecule has 0 fully saturated rings. The first-order chi connectivity index (χ1) is 19.1. The van der Waals surface area contributed by atoms with Gasteiger partial charge in [0.05, 0.1) is 31.0 Å². The van der Waals surface area contributed by atoms with Gasteiger partial charge in [-0.3, -0.25) is 9.69 Å². The lowest BCUT2D eigenvalue weighted by Gasteiger charge is -2.40. The molecular weight excluding hydrogens is 560 g/mol. The molecule has 2 aromatic heterocycles. The number of nitrogens with zero attached hydrogens (tertiary/aromatic N) is 4. The molecule has 2 aromatic carbocycles. The van der Waals surface area contributed by atoms with Crippen LogP contribution in [0.1, 0.15) is 46.9 Å². The molecule has 0 bridgehead atoms. The van der Waals surface area contributed by atoms with Gasteiger partial charge in [0.1, 0.15) is 17.0 Å². The number of benzene rings is 2. The number of carbonyl (C=O) groups is 1. The molecule has 40 heavy (non-hydrogen) atoms. The Morgan fingerprint density at radius 3 is 2.60 bits per heavy atom. The molecule has 0 aliphatic carbocycles. The Bertz CT molecular complexity index is 1690. The van der Waals surface area contributed by atoms with Gasteiger partial charge >= 0.3 is 6.01 Å². The number of anilines is 2. The summed E-state index contributed by atoms with van der Waals surface area (Å²) in [7, 11) is 2.93. The van der Waals surface area contributed by atoms with Gasteiger partial charge in [0, 0.05) is 39.4 Å². The zero-order chi connectivity index (χ0) is 28.5.